The molecule has 1 saturated carbocycles. The Morgan fingerprint density at radius 3 is 2.64 bits per heavy atom. The van der Waals surface area contributed by atoms with Crippen LogP contribution in [0.5, 0.6) is 0 Å². The third-order valence-electron chi connectivity index (χ3n) is 2.92. The van der Waals surface area contributed by atoms with Crippen molar-refractivity contribution in [1.82, 2.24) is 10.2 Å². The summed E-state index contributed by atoms with van der Waals surface area (Å²) in [6.07, 6.45) is 4.72. The van der Waals surface area contributed by atoms with E-state index in [-0.39, 0.29) is 18.5 Å². The predicted octanol–water partition coefficient (Wildman–Crippen LogP) is -0.0659. The van der Waals surface area contributed by atoms with Crippen molar-refractivity contribution in [3.8, 4) is 0 Å². The van der Waals surface area contributed by atoms with Gasteiger partial charge in [-0.15, -0.1) is 0 Å². The van der Waals surface area contributed by atoms with Gasteiger partial charge in [0, 0.05) is 12.1 Å². The molecule has 3 N–H and O–H groups in total. The fourth-order valence-corrected chi connectivity index (χ4v) is 2.16. The molecule has 0 spiro atoms. The Labute approximate surface area is 85.8 Å². The first-order valence-corrected chi connectivity index (χ1v) is 5.31. The smallest absolute Gasteiger partial charge is 0.234 e. The van der Waals surface area contributed by atoms with Crippen molar-refractivity contribution in [2.24, 2.45) is 5.73 Å². The van der Waals surface area contributed by atoms with E-state index in [1.54, 1.807) is 0 Å². The molecule has 4 heteroatoms. The van der Waals surface area contributed by atoms with Gasteiger partial charge >= 0.3 is 0 Å². The summed E-state index contributed by atoms with van der Waals surface area (Å²) in [4.78, 5) is 13.4. The van der Waals surface area contributed by atoms with Crippen molar-refractivity contribution in [3.05, 3.63) is 0 Å². The molecule has 2 unspecified atom stereocenters. The van der Waals surface area contributed by atoms with Crippen molar-refractivity contribution >= 4 is 5.91 Å². The number of carbonyl (C=O) groups excluding carboxylic acids is 1. The van der Waals surface area contributed by atoms with Crippen molar-refractivity contribution in [3.63, 3.8) is 0 Å². The van der Waals surface area contributed by atoms with E-state index in [1.807, 2.05) is 0 Å². The molecule has 14 heavy (non-hydrogen) atoms. The molecule has 1 amide bonds. The number of nitrogens with zero attached hydrogens (tertiary/aromatic N) is 1. The number of amides is 1. The maximum atomic E-state index is 11.2. The standard InChI is InChI=1S/C10H21N3O/c1-13(2)9-6-4-3-5-8(9)12-10(14)7-11/h8-9H,3-7,11H2,1-2H3,(H,12,14). The van der Waals surface area contributed by atoms with Crippen LogP contribution in [0.15, 0.2) is 0 Å². The van der Waals surface area contributed by atoms with Gasteiger partial charge in [-0.2, -0.15) is 0 Å². The van der Waals surface area contributed by atoms with Gasteiger partial charge in [-0.05, 0) is 26.9 Å². The van der Waals surface area contributed by atoms with Crippen LogP contribution < -0.4 is 11.1 Å². The largest absolute Gasteiger partial charge is 0.351 e. The normalized spacial score (nSPS) is 27.7. The quantitative estimate of drug-likeness (QED) is 0.669. The maximum Gasteiger partial charge on any atom is 0.234 e. The van der Waals surface area contributed by atoms with Crippen molar-refractivity contribution < 1.29 is 4.79 Å². The molecule has 0 aromatic carbocycles. The molecule has 1 aliphatic carbocycles. The van der Waals surface area contributed by atoms with Gasteiger partial charge in [-0.1, -0.05) is 12.8 Å². The van der Waals surface area contributed by atoms with E-state index in [2.05, 4.69) is 24.3 Å². The number of hydrogen-bond donors (Lipinski definition) is 2. The van der Waals surface area contributed by atoms with E-state index in [0.29, 0.717) is 6.04 Å². The third-order valence-corrected chi connectivity index (χ3v) is 2.92. The second-order valence-electron chi connectivity index (χ2n) is 4.19. The van der Waals surface area contributed by atoms with Gasteiger partial charge in [-0.3, -0.25) is 4.79 Å². The van der Waals surface area contributed by atoms with Gasteiger partial charge in [0.1, 0.15) is 0 Å². The Balaban J connectivity index is 2.49. The fourth-order valence-electron chi connectivity index (χ4n) is 2.16. The molecule has 82 valence electrons. The molecule has 0 heterocycles. The molecule has 0 aliphatic heterocycles. The second-order valence-corrected chi connectivity index (χ2v) is 4.19. The lowest BCUT2D eigenvalue weighted by atomic mass is 9.89. The van der Waals surface area contributed by atoms with Gasteiger partial charge in [0.25, 0.3) is 0 Å². The number of rotatable bonds is 3. The number of nitrogens with two attached hydrogens (primary N) is 1. The zero-order chi connectivity index (χ0) is 10.6. The summed E-state index contributed by atoms with van der Waals surface area (Å²) in [5.74, 6) is -0.0382. The monoisotopic (exact) mass is 199 g/mol. The Hall–Kier alpha value is -0.610. The third kappa shape index (κ3) is 2.96. The highest BCUT2D eigenvalue weighted by Crippen LogP contribution is 2.21. The highest BCUT2D eigenvalue weighted by atomic mass is 16.1. The first-order valence-electron chi connectivity index (χ1n) is 5.31. The SMILES string of the molecule is CN(C)C1CCCCC1NC(=O)CN. The summed E-state index contributed by atoms with van der Waals surface area (Å²) in [6.45, 7) is 0.0939. The summed E-state index contributed by atoms with van der Waals surface area (Å²) >= 11 is 0. The van der Waals surface area contributed by atoms with Gasteiger partial charge in [0.05, 0.1) is 6.54 Å². The number of carbonyl (C=O) groups is 1. The summed E-state index contributed by atoms with van der Waals surface area (Å²) in [6, 6.07) is 0.758. The minimum atomic E-state index is -0.0382. The first kappa shape index (κ1) is 11.5. The zero-order valence-corrected chi connectivity index (χ0v) is 9.12. The van der Waals surface area contributed by atoms with E-state index in [9.17, 15) is 4.79 Å². The van der Waals surface area contributed by atoms with E-state index in [1.165, 1.54) is 19.3 Å². The van der Waals surface area contributed by atoms with E-state index < -0.39 is 0 Å². The Kier molecular flexibility index (Phi) is 4.35. The molecule has 0 aromatic heterocycles. The molecule has 0 saturated heterocycles. The van der Waals surface area contributed by atoms with E-state index >= 15 is 0 Å². The topological polar surface area (TPSA) is 58.4 Å². The van der Waals surface area contributed by atoms with Crippen molar-refractivity contribution in [2.75, 3.05) is 20.6 Å². The highest BCUT2D eigenvalue weighted by Gasteiger charge is 2.27. The van der Waals surface area contributed by atoms with Crippen LogP contribution in [0.25, 0.3) is 0 Å². The predicted molar refractivity (Wildman–Crippen MR) is 56.9 cm³/mol. The minimum absolute atomic E-state index is 0.0382. The van der Waals surface area contributed by atoms with Gasteiger partial charge in [0.2, 0.25) is 5.91 Å². The molecular weight excluding hydrogens is 178 g/mol. The van der Waals surface area contributed by atoms with E-state index in [0.717, 1.165) is 6.42 Å². The van der Waals surface area contributed by atoms with Crippen LogP contribution >= 0.6 is 0 Å². The second kappa shape index (κ2) is 5.32. The number of likely N-dealkylation sites (N-methyl/N-ethyl adjacent to an activating group) is 1. The van der Waals surface area contributed by atoms with Crippen LogP contribution in [-0.2, 0) is 4.79 Å². The Bertz CT molecular complexity index is 194. The fraction of sp³-hybridized carbons (Fsp3) is 0.900. The highest BCUT2D eigenvalue weighted by molar-refractivity contribution is 5.78. The molecule has 1 fully saturated rings. The van der Waals surface area contributed by atoms with Crippen LogP contribution in [0.2, 0.25) is 0 Å². The molecule has 1 aliphatic rings. The van der Waals surface area contributed by atoms with Crippen molar-refractivity contribution in [2.45, 2.75) is 37.8 Å². The van der Waals surface area contributed by atoms with Crippen LogP contribution in [0.3, 0.4) is 0 Å². The molecule has 4 nitrogen and oxygen atoms in total. The summed E-state index contributed by atoms with van der Waals surface area (Å²) in [5.41, 5.74) is 5.29. The average molecular weight is 199 g/mol. The molecule has 0 bridgehead atoms. The van der Waals surface area contributed by atoms with Gasteiger partial charge in [-0.25, -0.2) is 0 Å². The number of nitrogens with one attached hydrogen (secondary N) is 1. The lowest BCUT2D eigenvalue weighted by Gasteiger charge is -2.36. The van der Waals surface area contributed by atoms with E-state index in [4.69, 9.17) is 5.73 Å². The molecule has 2 atom stereocenters. The molecule has 0 aromatic rings. The van der Waals surface area contributed by atoms with Gasteiger partial charge < -0.3 is 16.0 Å². The zero-order valence-electron chi connectivity index (χ0n) is 9.12. The molecule has 1 rings (SSSR count). The Morgan fingerprint density at radius 1 is 1.43 bits per heavy atom. The van der Waals surface area contributed by atoms with Crippen LogP contribution in [0.4, 0.5) is 0 Å². The lowest BCUT2D eigenvalue weighted by molar-refractivity contribution is -0.121. The molecule has 0 radical (unpaired) electrons. The number of hydrogen-bond acceptors (Lipinski definition) is 3. The summed E-state index contributed by atoms with van der Waals surface area (Å²) in [5, 5.41) is 2.99. The summed E-state index contributed by atoms with van der Waals surface area (Å²) in [7, 11) is 4.13. The summed E-state index contributed by atoms with van der Waals surface area (Å²) < 4.78 is 0. The maximum absolute atomic E-state index is 11.2. The van der Waals surface area contributed by atoms with Crippen LogP contribution in [-0.4, -0.2) is 43.5 Å². The first-order chi connectivity index (χ1) is 6.65. The van der Waals surface area contributed by atoms with Gasteiger partial charge in [0.15, 0.2) is 0 Å². The average Bonchev–Trinajstić information content (AvgIpc) is 2.18. The van der Waals surface area contributed by atoms with Crippen LogP contribution in [0, 0.1) is 0 Å². The molecular formula is C10H21N3O. The lowest BCUT2D eigenvalue weighted by Crippen LogP contribution is -2.52. The minimum Gasteiger partial charge on any atom is -0.351 e. The Morgan fingerprint density at radius 2 is 2.07 bits per heavy atom. The van der Waals surface area contributed by atoms with Crippen molar-refractivity contribution in [1.29, 1.82) is 0 Å². The van der Waals surface area contributed by atoms with Crippen LogP contribution in [0.1, 0.15) is 25.7 Å².